The SMILES string of the molecule is Bc1ccccc1-c1cc(C)cc(C)c1.O.O. The van der Waals surface area contributed by atoms with Gasteiger partial charge in [0.25, 0.3) is 0 Å². The molecule has 2 rings (SSSR count). The zero-order valence-electron chi connectivity index (χ0n) is 10.5. The van der Waals surface area contributed by atoms with Gasteiger partial charge in [-0.1, -0.05) is 59.1 Å². The van der Waals surface area contributed by atoms with E-state index < -0.39 is 0 Å². The maximum Gasteiger partial charge on any atom is 0.140 e. The standard InChI is InChI=1S/C14H15B.2H2O/c1-10-7-11(2)9-12(8-10)13-5-3-4-6-14(13)15;;/h3-9H,15H2,1-2H3;2*1H2. The summed E-state index contributed by atoms with van der Waals surface area (Å²) in [5.74, 6) is 0. The highest BCUT2D eigenvalue weighted by Gasteiger charge is 2.01. The molecule has 0 bridgehead atoms. The molecule has 3 heteroatoms. The molecule has 0 saturated carbocycles. The van der Waals surface area contributed by atoms with Gasteiger partial charge in [-0.2, -0.15) is 0 Å². The van der Waals surface area contributed by atoms with Crippen LogP contribution in [0.4, 0.5) is 0 Å². The molecule has 0 aliphatic rings. The minimum atomic E-state index is 0. The third-order valence-electron chi connectivity index (χ3n) is 2.68. The van der Waals surface area contributed by atoms with Gasteiger partial charge in [0.1, 0.15) is 7.85 Å². The Balaban J connectivity index is 0.00000128. The molecule has 2 aromatic rings. The molecule has 0 aromatic heterocycles. The summed E-state index contributed by atoms with van der Waals surface area (Å²) >= 11 is 0. The van der Waals surface area contributed by atoms with Crippen LogP contribution in [0.1, 0.15) is 11.1 Å². The topological polar surface area (TPSA) is 63.0 Å². The molecule has 0 aliphatic heterocycles. The lowest BCUT2D eigenvalue weighted by molar-refractivity contribution is 0.823. The molecule has 0 unspecified atom stereocenters. The van der Waals surface area contributed by atoms with E-state index in [4.69, 9.17) is 0 Å². The van der Waals surface area contributed by atoms with Crippen LogP contribution in [0, 0.1) is 13.8 Å². The second kappa shape index (κ2) is 6.23. The van der Waals surface area contributed by atoms with Crippen molar-refractivity contribution < 1.29 is 11.0 Å². The summed E-state index contributed by atoms with van der Waals surface area (Å²) in [6.45, 7) is 4.30. The minimum Gasteiger partial charge on any atom is -0.412 e. The molecule has 0 atom stereocenters. The van der Waals surface area contributed by atoms with E-state index in [1.807, 2.05) is 0 Å². The molecule has 0 heterocycles. The lowest BCUT2D eigenvalue weighted by Gasteiger charge is -2.08. The summed E-state index contributed by atoms with van der Waals surface area (Å²) in [7, 11) is 2.16. The molecule has 0 amide bonds. The highest BCUT2D eigenvalue weighted by molar-refractivity contribution is 6.35. The van der Waals surface area contributed by atoms with E-state index >= 15 is 0 Å². The van der Waals surface area contributed by atoms with Gasteiger partial charge in [-0.25, -0.2) is 0 Å². The van der Waals surface area contributed by atoms with Crippen molar-refractivity contribution in [3.63, 3.8) is 0 Å². The quantitative estimate of drug-likeness (QED) is 0.643. The van der Waals surface area contributed by atoms with Crippen LogP contribution in [-0.2, 0) is 0 Å². The van der Waals surface area contributed by atoms with Gasteiger partial charge in [-0.15, -0.1) is 0 Å². The zero-order chi connectivity index (χ0) is 10.8. The summed E-state index contributed by atoms with van der Waals surface area (Å²) < 4.78 is 0. The van der Waals surface area contributed by atoms with Gasteiger partial charge in [0.2, 0.25) is 0 Å². The first-order valence-electron chi connectivity index (χ1n) is 5.31. The predicted octanol–water partition coefficient (Wildman–Crippen LogP) is 0.579. The Hall–Kier alpha value is -1.58. The smallest absolute Gasteiger partial charge is 0.140 e. The van der Waals surface area contributed by atoms with Crippen molar-refractivity contribution in [2.45, 2.75) is 13.8 Å². The Bertz CT molecular complexity index is 475. The summed E-state index contributed by atoms with van der Waals surface area (Å²) in [5.41, 5.74) is 6.65. The third kappa shape index (κ3) is 3.44. The molecule has 0 aliphatic carbocycles. The van der Waals surface area contributed by atoms with E-state index in [2.05, 4.69) is 64.2 Å². The molecule has 4 N–H and O–H groups in total. The van der Waals surface area contributed by atoms with Crippen LogP contribution in [0.15, 0.2) is 42.5 Å². The molecule has 90 valence electrons. The van der Waals surface area contributed by atoms with E-state index in [9.17, 15) is 0 Å². The highest BCUT2D eigenvalue weighted by atomic mass is 16.0. The summed E-state index contributed by atoms with van der Waals surface area (Å²) in [6, 6.07) is 15.2. The first-order valence-corrected chi connectivity index (χ1v) is 5.31. The van der Waals surface area contributed by atoms with Crippen LogP contribution in [0.5, 0.6) is 0 Å². The fourth-order valence-corrected chi connectivity index (χ4v) is 2.03. The Morgan fingerprint density at radius 2 is 1.35 bits per heavy atom. The van der Waals surface area contributed by atoms with Gasteiger partial charge in [-0.3, -0.25) is 0 Å². The maximum atomic E-state index is 2.25. The maximum absolute atomic E-state index is 2.25. The Morgan fingerprint density at radius 3 is 1.88 bits per heavy atom. The second-order valence-corrected chi connectivity index (χ2v) is 4.19. The van der Waals surface area contributed by atoms with Gasteiger partial charge in [0, 0.05) is 0 Å². The molecule has 0 spiro atoms. The lowest BCUT2D eigenvalue weighted by atomic mass is 9.86. The molecule has 0 fully saturated rings. The van der Waals surface area contributed by atoms with Crippen molar-refractivity contribution in [2.75, 3.05) is 0 Å². The van der Waals surface area contributed by atoms with E-state index in [0.717, 1.165) is 0 Å². The molecule has 2 nitrogen and oxygen atoms in total. The van der Waals surface area contributed by atoms with Crippen molar-refractivity contribution >= 4 is 13.3 Å². The van der Waals surface area contributed by atoms with Crippen molar-refractivity contribution in [1.29, 1.82) is 0 Å². The van der Waals surface area contributed by atoms with E-state index in [-0.39, 0.29) is 11.0 Å². The second-order valence-electron chi connectivity index (χ2n) is 4.19. The number of hydrogen-bond donors (Lipinski definition) is 0. The van der Waals surface area contributed by atoms with Gasteiger partial charge in [0.05, 0.1) is 0 Å². The minimum absolute atomic E-state index is 0. The van der Waals surface area contributed by atoms with Crippen molar-refractivity contribution in [1.82, 2.24) is 0 Å². The average molecular weight is 230 g/mol. The molecule has 17 heavy (non-hydrogen) atoms. The van der Waals surface area contributed by atoms with Gasteiger partial charge in [-0.05, 0) is 25.0 Å². The fourth-order valence-electron chi connectivity index (χ4n) is 2.03. The number of hydrogen-bond acceptors (Lipinski definition) is 0. The van der Waals surface area contributed by atoms with E-state index in [1.54, 1.807) is 0 Å². The van der Waals surface area contributed by atoms with Crippen LogP contribution < -0.4 is 5.46 Å². The fraction of sp³-hybridized carbons (Fsp3) is 0.143. The van der Waals surface area contributed by atoms with Gasteiger partial charge < -0.3 is 11.0 Å². The number of rotatable bonds is 1. The lowest BCUT2D eigenvalue weighted by Crippen LogP contribution is -2.05. The van der Waals surface area contributed by atoms with Crippen LogP contribution in [-0.4, -0.2) is 18.8 Å². The molecule has 0 saturated heterocycles. The van der Waals surface area contributed by atoms with E-state index in [0.29, 0.717) is 0 Å². The molecular formula is C14H19BO2. The van der Waals surface area contributed by atoms with Crippen LogP contribution >= 0.6 is 0 Å². The highest BCUT2D eigenvalue weighted by Crippen LogP contribution is 2.19. The van der Waals surface area contributed by atoms with Gasteiger partial charge >= 0.3 is 0 Å². The van der Waals surface area contributed by atoms with Gasteiger partial charge in [0.15, 0.2) is 0 Å². The summed E-state index contributed by atoms with van der Waals surface area (Å²) in [5, 5.41) is 0. The number of aryl methyl sites for hydroxylation is 2. The zero-order valence-corrected chi connectivity index (χ0v) is 10.5. The summed E-state index contributed by atoms with van der Waals surface area (Å²) in [4.78, 5) is 0. The first-order chi connectivity index (χ1) is 7.16. The Kier molecular flexibility index (Phi) is 5.65. The van der Waals surface area contributed by atoms with Crippen molar-refractivity contribution in [2.24, 2.45) is 0 Å². The van der Waals surface area contributed by atoms with Crippen molar-refractivity contribution in [3.05, 3.63) is 53.6 Å². The van der Waals surface area contributed by atoms with Crippen LogP contribution in [0.2, 0.25) is 0 Å². The monoisotopic (exact) mass is 230 g/mol. The number of benzene rings is 2. The largest absolute Gasteiger partial charge is 0.412 e. The van der Waals surface area contributed by atoms with Crippen LogP contribution in [0.25, 0.3) is 11.1 Å². The third-order valence-corrected chi connectivity index (χ3v) is 2.68. The molecule has 2 aromatic carbocycles. The predicted molar refractivity (Wildman–Crippen MR) is 76.8 cm³/mol. The summed E-state index contributed by atoms with van der Waals surface area (Å²) in [6.07, 6.45) is 0. The Labute approximate surface area is 103 Å². The van der Waals surface area contributed by atoms with E-state index in [1.165, 1.54) is 27.7 Å². The van der Waals surface area contributed by atoms with Crippen molar-refractivity contribution in [3.8, 4) is 11.1 Å². The average Bonchev–Trinajstić information content (AvgIpc) is 2.16. The molecular weight excluding hydrogens is 211 g/mol. The van der Waals surface area contributed by atoms with Crippen LogP contribution in [0.3, 0.4) is 0 Å². The Morgan fingerprint density at radius 1 is 0.824 bits per heavy atom. The normalized spacial score (nSPS) is 9.06. The first kappa shape index (κ1) is 15.4. The molecule has 0 radical (unpaired) electrons.